The maximum absolute atomic E-state index is 13.7. The highest BCUT2D eigenvalue weighted by Gasteiger charge is 2.30. The first-order valence-corrected chi connectivity index (χ1v) is 36.1. The summed E-state index contributed by atoms with van der Waals surface area (Å²) in [5.74, 6) is -1.80. The topological polar surface area (TPSA) is 194 Å². The van der Waals surface area contributed by atoms with E-state index in [0.29, 0.717) is 105 Å². The van der Waals surface area contributed by atoms with Crippen LogP contribution in [0.4, 0.5) is 75.3 Å². The van der Waals surface area contributed by atoms with Crippen molar-refractivity contribution < 1.29 is 53.9 Å². The Balaban J connectivity index is 0.000000158. The average molecular weight is 1480 g/mol. The van der Waals surface area contributed by atoms with E-state index >= 15 is 0 Å². The van der Waals surface area contributed by atoms with Gasteiger partial charge >= 0.3 is 5.97 Å². The number of carbonyl (C=O) groups is 2. The van der Waals surface area contributed by atoms with Crippen LogP contribution in [0.25, 0.3) is 17.2 Å². The van der Waals surface area contributed by atoms with Gasteiger partial charge in [-0.3, -0.25) is 29.2 Å². The molecular formula is C76H100F8N18O4. The monoisotopic (exact) mass is 1480 g/mol. The molecule has 22 nitrogen and oxygen atoms in total. The molecule has 574 valence electrons. The van der Waals surface area contributed by atoms with Crippen molar-refractivity contribution in [3.8, 4) is 11.6 Å². The minimum Gasteiger partial charge on any atom is -0.465 e. The van der Waals surface area contributed by atoms with Gasteiger partial charge in [-0.1, -0.05) is 0 Å². The molecule has 5 aliphatic heterocycles. The van der Waals surface area contributed by atoms with Crippen molar-refractivity contribution in [3.63, 3.8) is 0 Å². The number of ether oxygens (including phenoxy) is 1. The summed E-state index contributed by atoms with van der Waals surface area (Å²) in [4.78, 5) is 53.8. The van der Waals surface area contributed by atoms with E-state index in [2.05, 4.69) is 74.3 Å². The number of nitrogen functional groups attached to an aromatic ring is 1. The Bertz CT molecular complexity index is 4020. The molecule has 5 fully saturated rings. The van der Waals surface area contributed by atoms with Gasteiger partial charge in [0.05, 0.1) is 36.0 Å². The molecule has 106 heavy (non-hydrogen) atoms. The molecule has 1 amide bonds. The zero-order valence-corrected chi connectivity index (χ0v) is 61.7. The molecule has 0 spiro atoms. The number of halogens is 8. The summed E-state index contributed by atoms with van der Waals surface area (Å²) in [5, 5.41) is 13.4. The van der Waals surface area contributed by atoms with E-state index in [0.717, 1.165) is 127 Å². The quantitative estimate of drug-likeness (QED) is 0.0469. The molecular weight excluding hydrogens is 1380 g/mol. The molecule has 13 rings (SSSR count). The van der Waals surface area contributed by atoms with Crippen LogP contribution in [0.5, 0.6) is 0 Å². The van der Waals surface area contributed by atoms with Gasteiger partial charge in [-0.2, -0.15) is 9.50 Å². The van der Waals surface area contributed by atoms with Crippen molar-refractivity contribution in [2.75, 3.05) is 207 Å². The number of nitrogens with zero attached hydrogens (tertiary/aromatic N) is 14. The number of rotatable bonds is 18. The highest BCUT2D eigenvalue weighted by Crippen LogP contribution is 2.28. The van der Waals surface area contributed by atoms with Gasteiger partial charge in [0.15, 0.2) is 11.4 Å². The van der Waals surface area contributed by atoms with Crippen LogP contribution in [-0.2, 0) is 14.3 Å². The lowest BCUT2D eigenvalue weighted by molar-refractivity contribution is -0.149. The summed E-state index contributed by atoms with van der Waals surface area (Å²) in [6, 6.07) is 30.3. The second kappa shape index (κ2) is 39.3. The lowest BCUT2D eigenvalue weighted by atomic mass is 10.2. The largest absolute Gasteiger partial charge is 0.465 e. The van der Waals surface area contributed by atoms with E-state index < -0.39 is 34.9 Å². The number of nitrogens with one attached hydrogen (secondary N) is 3. The van der Waals surface area contributed by atoms with Crippen molar-refractivity contribution >= 4 is 57.7 Å². The standard InChI is InChI=1S/C23H27FN8O.C15H20F2N2O2.C14H19F2N3O.C14H22FN3.C10H12F2N2/c1-16(30-9-11-31(12-10-30)18-7-5-17(24)6-8-18)15-29(2)20-14-21-26-22(19-4-3-13-33-19)28-32(21)23(25)27-20;1-3-21-15(20)11(2)18-6-8-19(9-7-18)14-5-4-12(16)10-13(14)17;1-10(14(20)17-2)18-5-7-19(8-6-18)13-4-3-11(15)9-12(13)16;1-12(11-16-2)17-7-9-18(10-8-17)14-5-3-13(15)4-6-14;11-8-1-2-10(9(12)7-8)14-5-3-13-4-6-14/h3-8,13-14,16H,9-12,15H2,1-2H3,(H2,25,27);4-5,10-11H,3,6-9H2,1-2H3;3-4,9-10H,5-8H2,1-2H3,(H,17,20);3-6,12,16H,7-11H2,1-2H3;1-2,7,13H,3-6H2. The maximum atomic E-state index is 13.7. The first-order valence-electron chi connectivity index (χ1n) is 36.1. The Morgan fingerprint density at radius 2 is 0.962 bits per heavy atom. The number of esters is 1. The fourth-order valence-electron chi connectivity index (χ4n) is 13.4. The third-order valence-corrected chi connectivity index (χ3v) is 19.6. The van der Waals surface area contributed by atoms with Crippen molar-refractivity contribution in [1.82, 2.24) is 55.1 Å². The smallest absolute Gasteiger partial charge is 0.323 e. The first kappa shape index (κ1) is 80.8. The summed E-state index contributed by atoms with van der Waals surface area (Å²) in [5.41, 5.74) is 10.3. The molecule has 0 bridgehead atoms. The zero-order chi connectivity index (χ0) is 76.0. The van der Waals surface area contributed by atoms with Crippen LogP contribution in [-0.4, -0.2) is 247 Å². The molecule has 5 N–H and O–H groups in total. The maximum Gasteiger partial charge on any atom is 0.323 e. The SMILES string of the molecule is CC(CN(C)c1cc2nc(-c3ccco3)nn2c(N)n1)N1CCN(c2ccc(F)cc2)CC1.CCOC(=O)C(C)N1CCN(c2ccc(F)cc2F)CC1.CNC(=O)C(C)N1CCN(c2ccc(F)cc2F)CC1.CNCC(C)N1CCN(c2ccc(F)cc2)CC1.Fc1ccc(N2CCNCC2)c(F)c1. The van der Waals surface area contributed by atoms with Crippen LogP contribution < -0.4 is 51.1 Å². The number of fused-ring (bicyclic) bond motifs is 1. The summed E-state index contributed by atoms with van der Waals surface area (Å²) < 4.78 is 117. The predicted molar refractivity (Wildman–Crippen MR) is 401 cm³/mol. The number of nitrogens with two attached hydrogens (primary N) is 1. The third kappa shape index (κ3) is 22.4. The number of hydrogen-bond donors (Lipinski definition) is 4. The number of aromatic nitrogens is 4. The van der Waals surface area contributed by atoms with Crippen molar-refractivity contribution in [1.29, 1.82) is 0 Å². The van der Waals surface area contributed by atoms with Crippen LogP contribution >= 0.6 is 0 Å². The predicted octanol–water partition coefficient (Wildman–Crippen LogP) is 8.94. The lowest BCUT2D eigenvalue weighted by Crippen LogP contribution is -2.53. The highest BCUT2D eigenvalue weighted by atomic mass is 19.2. The van der Waals surface area contributed by atoms with E-state index in [1.54, 1.807) is 26.3 Å². The molecule has 8 aromatic rings. The lowest BCUT2D eigenvalue weighted by Gasteiger charge is -2.40. The summed E-state index contributed by atoms with van der Waals surface area (Å²) >= 11 is 0. The van der Waals surface area contributed by atoms with Gasteiger partial charge in [0.25, 0.3) is 0 Å². The second-order valence-electron chi connectivity index (χ2n) is 26.6. The van der Waals surface area contributed by atoms with E-state index in [9.17, 15) is 44.7 Å². The first-order chi connectivity index (χ1) is 51.0. The van der Waals surface area contributed by atoms with Crippen LogP contribution in [0.3, 0.4) is 0 Å². The van der Waals surface area contributed by atoms with Gasteiger partial charge in [0.1, 0.15) is 58.4 Å². The highest BCUT2D eigenvalue weighted by molar-refractivity contribution is 5.81. The molecule has 5 aromatic carbocycles. The number of likely N-dealkylation sites (N-methyl/N-ethyl adjacent to an activating group) is 3. The van der Waals surface area contributed by atoms with Crippen molar-refractivity contribution in [2.45, 2.75) is 58.8 Å². The van der Waals surface area contributed by atoms with E-state index in [-0.39, 0.29) is 41.5 Å². The number of furan rings is 1. The van der Waals surface area contributed by atoms with Gasteiger partial charge in [0, 0.05) is 206 Å². The van der Waals surface area contributed by atoms with Crippen molar-refractivity contribution in [3.05, 3.63) is 174 Å². The van der Waals surface area contributed by atoms with E-state index in [4.69, 9.17) is 14.9 Å². The van der Waals surface area contributed by atoms with E-state index in [1.807, 2.05) is 83.9 Å². The second-order valence-corrected chi connectivity index (χ2v) is 26.6. The molecule has 5 saturated heterocycles. The zero-order valence-electron chi connectivity index (χ0n) is 61.7. The number of amides is 1. The van der Waals surface area contributed by atoms with Gasteiger partial charge in [-0.25, -0.2) is 40.1 Å². The summed E-state index contributed by atoms with van der Waals surface area (Å²) in [7, 11) is 5.61. The Hall–Kier alpha value is -9.33. The van der Waals surface area contributed by atoms with Crippen LogP contribution in [0.15, 0.2) is 132 Å². The number of hydrogen-bond acceptors (Lipinski definition) is 20. The minimum atomic E-state index is -0.578. The van der Waals surface area contributed by atoms with Gasteiger partial charge in [-0.05, 0) is 139 Å². The number of benzene rings is 5. The number of carbonyl (C=O) groups excluding carboxylic acids is 2. The van der Waals surface area contributed by atoms with Crippen molar-refractivity contribution in [2.24, 2.45) is 0 Å². The summed E-state index contributed by atoms with van der Waals surface area (Å²) in [6.45, 7) is 28.2. The van der Waals surface area contributed by atoms with Gasteiger partial charge < -0.3 is 60.2 Å². The molecule has 0 radical (unpaired) electrons. The van der Waals surface area contributed by atoms with Gasteiger partial charge in [-0.15, -0.1) is 5.10 Å². The van der Waals surface area contributed by atoms with Crippen LogP contribution in [0.1, 0.15) is 34.6 Å². The van der Waals surface area contributed by atoms with Gasteiger partial charge in [0.2, 0.25) is 17.7 Å². The minimum absolute atomic E-state index is 0.0218. The average Bonchev–Trinajstić information content (AvgIpc) is 1.37. The Morgan fingerprint density at radius 1 is 0.538 bits per heavy atom. The third-order valence-electron chi connectivity index (χ3n) is 19.6. The Morgan fingerprint density at radius 3 is 1.39 bits per heavy atom. The van der Waals surface area contributed by atoms with E-state index in [1.165, 1.54) is 65.2 Å². The fourth-order valence-corrected chi connectivity index (χ4v) is 13.4. The molecule has 8 heterocycles. The number of piperazine rings is 5. The van der Waals surface area contributed by atoms with Crippen LogP contribution in [0.2, 0.25) is 0 Å². The normalized spacial score (nSPS) is 17.3. The number of anilines is 7. The fraction of sp³-hybridized carbons (Fsp3) is 0.461. The Labute approximate surface area is 615 Å². The molecule has 30 heteroatoms. The molecule has 4 unspecified atom stereocenters. The van der Waals surface area contributed by atoms with Crippen LogP contribution in [0, 0.1) is 46.5 Å². The Kier molecular flexibility index (Phi) is 30.0. The molecule has 0 aliphatic carbocycles. The molecule has 4 atom stereocenters. The molecule has 5 aliphatic rings. The molecule has 3 aromatic heterocycles. The summed E-state index contributed by atoms with van der Waals surface area (Å²) in [6.07, 6.45) is 1.59. The molecule has 0 saturated carbocycles.